The number of imidazole rings is 1. The quantitative estimate of drug-likeness (QED) is 0.646. The number of amides is 2. The van der Waals surface area contributed by atoms with Crippen molar-refractivity contribution in [1.29, 1.82) is 0 Å². The Hall–Kier alpha value is -2.75. The van der Waals surface area contributed by atoms with Crippen molar-refractivity contribution in [2.75, 3.05) is 45.2 Å². The van der Waals surface area contributed by atoms with E-state index in [1.807, 2.05) is 29.6 Å². The molecule has 2 aromatic heterocycles. The number of hydrogen-bond acceptors (Lipinski definition) is 6. The highest BCUT2D eigenvalue weighted by molar-refractivity contribution is 7.12. The van der Waals surface area contributed by atoms with Crippen molar-refractivity contribution in [3.8, 4) is 0 Å². The van der Waals surface area contributed by atoms with E-state index in [1.165, 1.54) is 16.2 Å². The fraction of sp³-hybridized carbons (Fsp3) is 0.350. The van der Waals surface area contributed by atoms with Gasteiger partial charge in [-0.1, -0.05) is 6.07 Å². The highest BCUT2D eigenvalue weighted by Crippen LogP contribution is 2.18. The van der Waals surface area contributed by atoms with Crippen molar-refractivity contribution in [3.05, 3.63) is 46.4 Å². The van der Waals surface area contributed by atoms with Gasteiger partial charge in [-0.3, -0.25) is 14.5 Å². The zero-order chi connectivity index (χ0) is 20.2. The summed E-state index contributed by atoms with van der Waals surface area (Å²) < 4.78 is 5.38. The van der Waals surface area contributed by atoms with Crippen LogP contribution in [0.1, 0.15) is 15.5 Å². The molecule has 0 unspecified atom stereocenters. The predicted molar refractivity (Wildman–Crippen MR) is 112 cm³/mol. The molecule has 0 radical (unpaired) electrons. The van der Waals surface area contributed by atoms with Crippen molar-refractivity contribution in [3.63, 3.8) is 0 Å². The van der Waals surface area contributed by atoms with Gasteiger partial charge < -0.3 is 19.9 Å². The van der Waals surface area contributed by atoms with Gasteiger partial charge in [0.15, 0.2) is 0 Å². The molecule has 0 bridgehead atoms. The molecule has 152 valence electrons. The second-order valence-corrected chi connectivity index (χ2v) is 7.94. The Kier molecular flexibility index (Phi) is 5.89. The molecule has 2 N–H and O–H groups in total. The first-order chi connectivity index (χ1) is 14.1. The van der Waals surface area contributed by atoms with Crippen molar-refractivity contribution >= 4 is 39.9 Å². The van der Waals surface area contributed by atoms with Crippen LogP contribution in [0.15, 0.2) is 35.7 Å². The number of benzene rings is 1. The van der Waals surface area contributed by atoms with Gasteiger partial charge in [-0.15, -0.1) is 11.3 Å². The number of ether oxygens (including phenoxy) is 1. The molecule has 3 aromatic rings. The third kappa shape index (κ3) is 4.81. The fourth-order valence-electron chi connectivity index (χ4n) is 3.26. The van der Waals surface area contributed by atoms with E-state index in [1.54, 1.807) is 13.1 Å². The molecule has 1 aromatic carbocycles. The number of aromatic nitrogens is 2. The van der Waals surface area contributed by atoms with Crippen LogP contribution in [0, 0.1) is 0 Å². The lowest BCUT2D eigenvalue weighted by atomic mass is 10.2. The monoisotopic (exact) mass is 413 g/mol. The summed E-state index contributed by atoms with van der Waals surface area (Å²) in [4.78, 5) is 36.9. The smallest absolute Gasteiger partial charge is 0.264 e. The molecule has 9 heteroatoms. The molecule has 1 saturated heterocycles. The van der Waals surface area contributed by atoms with Crippen molar-refractivity contribution < 1.29 is 14.3 Å². The highest BCUT2D eigenvalue weighted by Gasteiger charge is 2.16. The van der Waals surface area contributed by atoms with E-state index in [9.17, 15) is 9.59 Å². The molecule has 2 amide bonds. The van der Waals surface area contributed by atoms with Gasteiger partial charge in [-0.2, -0.15) is 0 Å². The van der Waals surface area contributed by atoms with E-state index >= 15 is 0 Å². The van der Waals surface area contributed by atoms with Gasteiger partial charge in [-0.25, -0.2) is 4.98 Å². The minimum atomic E-state index is -0.246. The number of aromatic amines is 1. The van der Waals surface area contributed by atoms with Gasteiger partial charge in [0, 0.05) is 25.8 Å². The van der Waals surface area contributed by atoms with Gasteiger partial charge in [0.2, 0.25) is 5.91 Å². The van der Waals surface area contributed by atoms with Gasteiger partial charge in [0.25, 0.3) is 5.91 Å². The van der Waals surface area contributed by atoms with E-state index in [4.69, 9.17) is 4.74 Å². The van der Waals surface area contributed by atoms with E-state index in [-0.39, 0.29) is 18.4 Å². The van der Waals surface area contributed by atoms with Crippen LogP contribution < -0.4 is 5.32 Å². The molecule has 0 saturated carbocycles. The summed E-state index contributed by atoms with van der Waals surface area (Å²) in [7, 11) is 1.62. The second kappa shape index (κ2) is 8.73. The van der Waals surface area contributed by atoms with Crippen LogP contribution in [-0.4, -0.2) is 71.5 Å². The molecule has 29 heavy (non-hydrogen) atoms. The molecule has 0 atom stereocenters. The SMILES string of the molecule is CN(CC(=O)Nc1ccc2nc(CN3CCOCC3)[nH]c2c1)C(=O)c1cccs1. The Labute approximate surface area is 172 Å². The number of carbonyl (C=O) groups is 2. The molecule has 4 rings (SSSR count). The summed E-state index contributed by atoms with van der Waals surface area (Å²) in [5.41, 5.74) is 2.39. The number of nitrogens with zero attached hydrogens (tertiary/aromatic N) is 3. The van der Waals surface area contributed by atoms with E-state index in [2.05, 4.69) is 20.2 Å². The van der Waals surface area contributed by atoms with Crippen LogP contribution in [-0.2, 0) is 16.1 Å². The van der Waals surface area contributed by atoms with E-state index in [0.29, 0.717) is 10.6 Å². The summed E-state index contributed by atoms with van der Waals surface area (Å²) in [5.74, 6) is 0.489. The average molecular weight is 414 g/mol. The first-order valence-electron chi connectivity index (χ1n) is 9.46. The van der Waals surface area contributed by atoms with Crippen LogP contribution in [0.3, 0.4) is 0 Å². The van der Waals surface area contributed by atoms with Crippen LogP contribution in [0.4, 0.5) is 5.69 Å². The molecule has 0 spiro atoms. The summed E-state index contributed by atoms with van der Waals surface area (Å²) in [6.07, 6.45) is 0. The lowest BCUT2D eigenvalue weighted by molar-refractivity contribution is -0.116. The van der Waals surface area contributed by atoms with Gasteiger partial charge >= 0.3 is 0 Å². The Morgan fingerprint density at radius 1 is 1.31 bits per heavy atom. The van der Waals surface area contributed by atoms with Crippen LogP contribution >= 0.6 is 11.3 Å². The molecule has 1 fully saturated rings. The maximum absolute atomic E-state index is 12.4. The maximum atomic E-state index is 12.4. The fourth-order valence-corrected chi connectivity index (χ4v) is 3.98. The molecule has 3 heterocycles. The molecule has 1 aliphatic rings. The number of fused-ring (bicyclic) bond motifs is 1. The topological polar surface area (TPSA) is 90.6 Å². The Morgan fingerprint density at radius 3 is 2.90 bits per heavy atom. The van der Waals surface area contributed by atoms with Crippen molar-refractivity contribution in [2.45, 2.75) is 6.54 Å². The van der Waals surface area contributed by atoms with Crippen LogP contribution in [0.2, 0.25) is 0 Å². The van der Waals surface area contributed by atoms with Gasteiger partial charge in [-0.05, 0) is 29.6 Å². The molecule has 8 nitrogen and oxygen atoms in total. The molecule has 0 aliphatic carbocycles. The second-order valence-electron chi connectivity index (χ2n) is 6.99. The number of hydrogen-bond donors (Lipinski definition) is 2. The number of anilines is 1. The summed E-state index contributed by atoms with van der Waals surface area (Å²) in [6.45, 7) is 4.03. The number of morpholine rings is 1. The minimum Gasteiger partial charge on any atom is -0.379 e. The summed E-state index contributed by atoms with van der Waals surface area (Å²) in [6, 6.07) is 9.14. The highest BCUT2D eigenvalue weighted by atomic mass is 32.1. The van der Waals surface area contributed by atoms with Crippen molar-refractivity contribution in [2.24, 2.45) is 0 Å². The minimum absolute atomic E-state index is 0.0139. The predicted octanol–water partition coefficient (Wildman–Crippen LogP) is 2.17. The third-order valence-corrected chi connectivity index (χ3v) is 5.61. The number of carbonyl (C=O) groups excluding carboxylic acids is 2. The lowest BCUT2D eigenvalue weighted by Crippen LogP contribution is -2.35. The zero-order valence-electron chi connectivity index (χ0n) is 16.2. The standard InChI is InChI=1S/C20H23N5O3S/c1-24(20(27)17-3-2-10-29-17)13-19(26)21-14-4-5-15-16(11-14)23-18(22-15)12-25-6-8-28-9-7-25/h2-5,10-11H,6-9,12-13H2,1H3,(H,21,26)(H,22,23). The third-order valence-electron chi connectivity index (χ3n) is 4.75. The van der Waals surface area contributed by atoms with E-state index in [0.717, 1.165) is 49.7 Å². The summed E-state index contributed by atoms with van der Waals surface area (Å²) in [5, 5.41) is 4.69. The molecular formula is C20H23N5O3S. The van der Waals surface area contributed by atoms with Gasteiger partial charge in [0.1, 0.15) is 5.82 Å². The van der Waals surface area contributed by atoms with Crippen LogP contribution in [0.25, 0.3) is 11.0 Å². The first-order valence-corrected chi connectivity index (χ1v) is 10.3. The largest absolute Gasteiger partial charge is 0.379 e. The van der Waals surface area contributed by atoms with Gasteiger partial charge in [0.05, 0.1) is 42.2 Å². The number of nitrogens with one attached hydrogen (secondary N) is 2. The number of rotatable bonds is 6. The zero-order valence-corrected chi connectivity index (χ0v) is 17.0. The average Bonchev–Trinajstić information content (AvgIpc) is 3.37. The number of likely N-dealkylation sites (N-methyl/N-ethyl adjacent to an activating group) is 1. The summed E-state index contributed by atoms with van der Waals surface area (Å²) >= 11 is 1.36. The first kappa shape index (κ1) is 19.6. The van der Waals surface area contributed by atoms with Crippen molar-refractivity contribution in [1.82, 2.24) is 19.8 Å². The normalized spacial score (nSPS) is 14.8. The lowest BCUT2D eigenvalue weighted by Gasteiger charge is -2.25. The van der Waals surface area contributed by atoms with E-state index < -0.39 is 0 Å². The molecular weight excluding hydrogens is 390 g/mol. The number of H-pyrrole nitrogens is 1. The maximum Gasteiger partial charge on any atom is 0.264 e. The Bertz CT molecular complexity index is 995. The Balaban J connectivity index is 1.37. The van der Waals surface area contributed by atoms with Crippen LogP contribution in [0.5, 0.6) is 0 Å². The Morgan fingerprint density at radius 2 is 2.14 bits per heavy atom. The molecule has 1 aliphatic heterocycles. The number of thiophene rings is 1.